The Kier molecular flexibility index (Phi) is 8.38. The topological polar surface area (TPSA) is 29.1 Å². The molecular formula is C7H14BrMgNO. The van der Waals surface area contributed by atoms with Crippen LogP contribution in [0.25, 0.3) is 0 Å². The van der Waals surface area contributed by atoms with Crippen LogP contribution in [-0.2, 0) is 4.79 Å². The Morgan fingerprint density at radius 1 is 1.45 bits per heavy atom. The molecule has 0 aliphatic rings. The van der Waals surface area contributed by atoms with Gasteiger partial charge in [-0.1, -0.05) is 0 Å². The number of rotatable bonds is 3. The van der Waals surface area contributed by atoms with Gasteiger partial charge >= 0.3 is 75.0 Å². The van der Waals surface area contributed by atoms with Crippen LogP contribution in [0.2, 0.25) is 0 Å². The molecule has 11 heavy (non-hydrogen) atoms. The van der Waals surface area contributed by atoms with E-state index in [1.54, 1.807) is 0 Å². The molecule has 0 amide bonds. The van der Waals surface area contributed by atoms with Gasteiger partial charge in [-0.25, -0.2) is 0 Å². The Morgan fingerprint density at radius 3 is 2.18 bits per heavy atom. The Labute approximate surface area is 91.7 Å². The molecular weight excluding hydrogens is 218 g/mol. The molecule has 62 valence electrons. The molecule has 0 radical (unpaired) electrons. The third-order valence-corrected chi connectivity index (χ3v) is 1.23. The van der Waals surface area contributed by atoms with Crippen LogP contribution in [0.15, 0.2) is 0 Å². The van der Waals surface area contributed by atoms with Crippen molar-refractivity contribution < 1.29 is 21.8 Å². The summed E-state index contributed by atoms with van der Waals surface area (Å²) in [6, 6.07) is 0. The van der Waals surface area contributed by atoms with Crippen molar-refractivity contribution in [3.05, 3.63) is 0 Å². The zero-order valence-corrected chi connectivity index (χ0v) is 10.4. The molecule has 0 heterocycles. The Morgan fingerprint density at radius 2 is 1.91 bits per heavy atom. The predicted octanol–water partition coefficient (Wildman–Crippen LogP) is -2.68. The molecule has 0 aromatic rings. The van der Waals surface area contributed by atoms with E-state index in [1.807, 2.05) is 0 Å². The van der Waals surface area contributed by atoms with Crippen LogP contribution in [0.1, 0.15) is 20.8 Å². The average Bonchev–Trinajstić information content (AvgIpc) is 1.59. The molecule has 0 saturated heterocycles. The average molecular weight is 232 g/mol. The smallest absolute Gasteiger partial charge is 1.00 e. The fourth-order valence-corrected chi connectivity index (χ4v) is 0.754. The number of nitrogens with one attached hydrogen (secondary N) is 1. The normalized spacial score (nSPS) is 10.6. The van der Waals surface area contributed by atoms with Gasteiger partial charge in [-0.05, 0) is 0 Å². The van der Waals surface area contributed by atoms with Gasteiger partial charge in [0.25, 0.3) is 0 Å². The second-order valence-electron chi connectivity index (χ2n) is 3.70. The Balaban J connectivity index is 0. The van der Waals surface area contributed by atoms with Crippen molar-refractivity contribution in [2.45, 2.75) is 20.8 Å². The molecule has 0 unspecified atom stereocenters. The fourth-order valence-electron chi connectivity index (χ4n) is 0.577. The van der Waals surface area contributed by atoms with E-state index >= 15 is 0 Å². The summed E-state index contributed by atoms with van der Waals surface area (Å²) in [7, 11) is 0. The van der Waals surface area contributed by atoms with E-state index < -0.39 is 0 Å². The summed E-state index contributed by atoms with van der Waals surface area (Å²) in [4.78, 5) is 10.5. The molecule has 2 nitrogen and oxygen atoms in total. The van der Waals surface area contributed by atoms with Crippen LogP contribution >= 0.6 is 0 Å². The third kappa shape index (κ3) is 13.8. The van der Waals surface area contributed by atoms with Gasteiger partial charge in [0.2, 0.25) is 0 Å². The van der Waals surface area contributed by atoms with Crippen LogP contribution in [0, 0.1) is 5.41 Å². The quantitative estimate of drug-likeness (QED) is 0.538. The van der Waals surface area contributed by atoms with Gasteiger partial charge in [-0.2, -0.15) is 0 Å². The largest absolute Gasteiger partial charge is 1.00 e. The molecule has 0 atom stereocenters. The van der Waals surface area contributed by atoms with Crippen molar-refractivity contribution in [2.75, 3.05) is 13.1 Å². The molecule has 0 rings (SSSR count). The molecule has 0 bridgehead atoms. The first-order valence-electron chi connectivity index (χ1n) is 3.47. The van der Waals surface area contributed by atoms with Crippen LogP contribution in [0.4, 0.5) is 0 Å². The molecule has 0 aliphatic carbocycles. The number of carbonyl (C=O) groups is 1. The molecule has 0 aliphatic heterocycles. The van der Waals surface area contributed by atoms with E-state index in [-0.39, 0.29) is 26.3 Å². The second kappa shape index (κ2) is 6.40. The minimum atomic E-state index is 0. The van der Waals surface area contributed by atoms with Gasteiger partial charge < -0.3 is 17.0 Å². The van der Waals surface area contributed by atoms with Crippen LogP contribution in [0.3, 0.4) is 0 Å². The van der Waals surface area contributed by atoms with E-state index in [1.165, 1.54) is 21.7 Å². The third-order valence-electron chi connectivity index (χ3n) is 0.977. The van der Waals surface area contributed by atoms with Gasteiger partial charge in [0.1, 0.15) is 0 Å². The van der Waals surface area contributed by atoms with Gasteiger partial charge in [-0.15, -0.1) is 0 Å². The molecule has 0 saturated carbocycles. The minimum Gasteiger partial charge on any atom is -1.00 e. The van der Waals surface area contributed by atoms with Gasteiger partial charge in [0.15, 0.2) is 0 Å². The zero-order chi connectivity index (χ0) is 8.20. The van der Waals surface area contributed by atoms with Crippen LogP contribution in [-0.4, -0.2) is 38.7 Å². The molecule has 4 heteroatoms. The maximum Gasteiger partial charge on any atom is -1.00 e. The summed E-state index contributed by atoms with van der Waals surface area (Å²) in [5.74, 6) is 0. The maximum absolute atomic E-state index is 10.5. The van der Waals surface area contributed by atoms with Crippen LogP contribution < -0.4 is 22.3 Å². The molecule has 0 aromatic carbocycles. The number of hydrogen-bond acceptors (Lipinski definition) is 2. The van der Waals surface area contributed by atoms with E-state index in [0.29, 0.717) is 6.54 Å². The van der Waals surface area contributed by atoms with E-state index in [9.17, 15) is 4.79 Å². The first kappa shape index (κ1) is 14.4. The molecule has 1 N–H and O–H groups in total. The summed E-state index contributed by atoms with van der Waals surface area (Å²) in [6.07, 6.45) is 0. The van der Waals surface area contributed by atoms with Gasteiger partial charge in [0.05, 0.1) is 0 Å². The SMILES string of the molecule is CC(C)(C)CNC[C](=O)[Mg+].[Br-]. The Hall–Kier alpha value is 0.876. The zero-order valence-electron chi connectivity index (χ0n) is 7.41. The van der Waals surface area contributed by atoms with Crippen molar-refractivity contribution in [1.82, 2.24) is 5.32 Å². The van der Waals surface area contributed by atoms with Crippen molar-refractivity contribution in [2.24, 2.45) is 5.41 Å². The first-order chi connectivity index (χ1) is 4.42. The van der Waals surface area contributed by atoms with Crippen LogP contribution in [0.5, 0.6) is 0 Å². The van der Waals surface area contributed by atoms with E-state index in [2.05, 4.69) is 26.1 Å². The summed E-state index contributed by atoms with van der Waals surface area (Å²) in [5.41, 5.74) is 0.276. The summed E-state index contributed by atoms with van der Waals surface area (Å²) in [5, 5.41) is 3.08. The Bertz CT molecular complexity index is 122. The maximum atomic E-state index is 10.5. The molecule has 0 spiro atoms. The predicted molar refractivity (Wildman–Crippen MR) is 43.1 cm³/mol. The minimum absolute atomic E-state index is 0. The first-order valence-corrected chi connectivity index (χ1v) is 4.18. The monoisotopic (exact) mass is 231 g/mol. The molecule has 0 fully saturated rings. The summed E-state index contributed by atoms with van der Waals surface area (Å²) in [6.45, 7) is 7.83. The molecule has 0 aromatic heterocycles. The van der Waals surface area contributed by atoms with Gasteiger partial charge in [0, 0.05) is 0 Å². The van der Waals surface area contributed by atoms with Crippen molar-refractivity contribution in [1.29, 1.82) is 0 Å². The van der Waals surface area contributed by atoms with Crippen molar-refractivity contribution >= 4 is 25.6 Å². The van der Waals surface area contributed by atoms with Gasteiger partial charge in [-0.3, -0.25) is 0 Å². The van der Waals surface area contributed by atoms with E-state index in [4.69, 9.17) is 0 Å². The van der Waals surface area contributed by atoms with E-state index in [0.717, 1.165) is 6.54 Å². The fraction of sp³-hybridized carbons (Fsp3) is 0.857. The number of hydrogen-bond donors (Lipinski definition) is 1. The number of carbonyl (C=O) groups excluding carboxylic acids is 1. The van der Waals surface area contributed by atoms with Crippen molar-refractivity contribution in [3.63, 3.8) is 0 Å². The standard InChI is InChI=1S/C7H14NO.BrH.Mg/c1-7(2,3)6-8-4-5-9;;/h8H,4,6H2,1-3H3;1H;/q;;+1/p-1. The number of halogens is 1. The van der Waals surface area contributed by atoms with Crippen molar-refractivity contribution in [3.8, 4) is 0 Å². The second-order valence-corrected chi connectivity index (χ2v) is 4.49. The summed E-state index contributed by atoms with van der Waals surface area (Å²) < 4.78 is 0.226. The summed E-state index contributed by atoms with van der Waals surface area (Å²) >= 11 is 1.41.